The Bertz CT molecular complexity index is 2640. The third kappa shape index (κ3) is 4.70. The number of hydrogen-bond acceptors (Lipinski definition) is 3. The van der Waals surface area contributed by atoms with Crippen molar-refractivity contribution < 1.29 is 39.5 Å². The van der Waals surface area contributed by atoms with Crippen molar-refractivity contribution in [2.24, 2.45) is 0 Å². The van der Waals surface area contributed by atoms with Crippen LogP contribution in [0.2, 0.25) is 0 Å². The number of aromatic nitrogens is 2. The van der Waals surface area contributed by atoms with Gasteiger partial charge in [-0.25, -0.2) is 0 Å². The van der Waals surface area contributed by atoms with E-state index in [-0.39, 0.29) is 67.2 Å². The quantitative estimate of drug-likeness (QED) is 0.170. The van der Waals surface area contributed by atoms with Gasteiger partial charge in [-0.2, -0.15) is 55.3 Å². The van der Waals surface area contributed by atoms with Gasteiger partial charge in [0.15, 0.2) is 0 Å². The molecule has 0 unspecified atom stereocenters. The summed E-state index contributed by atoms with van der Waals surface area (Å²) in [6.45, 7) is 0. The molecule has 0 saturated heterocycles. The van der Waals surface area contributed by atoms with E-state index >= 15 is 0 Å². The van der Waals surface area contributed by atoms with Crippen molar-refractivity contribution >= 4 is 43.6 Å². The van der Waals surface area contributed by atoms with Gasteiger partial charge in [0.1, 0.15) is 12.1 Å². The number of fused-ring (bicyclic) bond motifs is 7. The number of halogens is 9. The molecule has 5 nitrogen and oxygen atoms in total. The summed E-state index contributed by atoms with van der Waals surface area (Å²) >= 11 is 0. The molecule has 0 N–H and O–H groups in total. The van der Waals surface area contributed by atoms with E-state index in [9.17, 15) is 55.3 Å². The fourth-order valence-electron chi connectivity index (χ4n) is 6.55. The molecule has 14 heteroatoms. The fourth-order valence-corrected chi connectivity index (χ4v) is 6.55. The smallest absolute Gasteiger partial charge is 0.306 e. The summed E-state index contributed by atoms with van der Waals surface area (Å²) in [4.78, 5) is 0. The molecule has 7 aromatic rings. The molecule has 7 rings (SSSR count). The van der Waals surface area contributed by atoms with Crippen molar-refractivity contribution in [2.75, 3.05) is 0 Å². The Hall–Kier alpha value is -6.46. The van der Waals surface area contributed by atoms with Crippen molar-refractivity contribution in [1.29, 1.82) is 15.8 Å². The third-order valence-electron chi connectivity index (χ3n) is 8.44. The Morgan fingerprint density at radius 1 is 0.460 bits per heavy atom. The summed E-state index contributed by atoms with van der Waals surface area (Å²) in [7, 11) is 0. The van der Waals surface area contributed by atoms with Crippen LogP contribution in [0, 0.1) is 34.0 Å². The van der Waals surface area contributed by atoms with E-state index in [2.05, 4.69) is 0 Å². The normalized spacial score (nSPS) is 12.4. The number of para-hydroxylation sites is 2. The largest absolute Gasteiger partial charge is 0.418 e. The highest BCUT2D eigenvalue weighted by atomic mass is 19.4. The highest BCUT2D eigenvalue weighted by Crippen LogP contribution is 2.49. The van der Waals surface area contributed by atoms with Crippen LogP contribution in [0.1, 0.15) is 33.4 Å². The van der Waals surface area contributed by atoms with Gasteiger partial charge in [-0.3, -0.25) is 0 Å². The van der Waals surface area contributed by atoms with E-state index < -0.39 is 40.9 Å². The Morgan fingerprint density at radius 3 is 1.26 bits per heavy atom. The minimum atomic E-state index is -5.70. The number of hydrogen-bond donors (Lipinski definition) is 0. The van der Waals surface area contributed by atoms with Gasteiger partial charge in [0.2, 0.25) is 0 Å². The third-order valence-corrected chi connectivity index (χ3v) is 8.44. The maximum Gasteiger partial charge on any atom is 0.418 e. The molecule has 0 aliphatic carbocycles. The molecule has 0 saturated carbocycles. The van der Waals surface area contributed by atoms with Gasteiger partial charge in [0.05, 0.1) is 72.9 Å². The Labute approximate surface area is 274 Å². The average molecular weight is 688 g/mol. The van der Waals surface area contributed by atoms with Gasteiger partial charge in [-0.1, -0.05) is 48.5 Å². The summed E-state index contributed by atoms with van der Waals surface area (Å²) in [6.07, 6.45) is -17.0. The van der Waals surface area contributed by atoms with Crippen molar-refractivity contribution in [3.8, 4) is 29.6 Å². The molecule has 246 valence electrons. The van der Waals surface area contributed by atoms with Crippen molar-refractivity contribution in [2.45, 2.75) is 18.5 Å². The molecule has 2 heterocycles. The second kappa shape index (κ2) is 10.8. The summed E-state index contributed by atoms with van der Waals surface area (Å²) in [5.74, 6) is 0. The molecule has 0 fully saturated rings. The predicted molar refractivity (Wildman–Crippen MR) is 164 cm³/mol. The summed E-state index contributed by atoms with van der Waals surface area (Å²) in [5.41, 5.74) is -8.88. The van der Waals surface area contributed by atoms with Crippen molar-refractivity contribution in [3.05, 3.63) is 118 Å². The lowest BCUT2D eigenvalue weighted by molar-refractivity contribution is -0.148. The molecule has 0 aliphatic rings. The minimum absolute atomic E-state index is 0.0428. The van der Waals surface area contributed by atoms with Gasteiger partial charge in [0, 0.05) is 21.5 Å². The van der Waals surface area contributed by atoms with Gasteiger partial charge in [0.25, 0.3) is 0 Å². The maximum absolute atomic E-state index is 14.8. The molecule has 2 aromatic heterocycles. The van der Waals surface area contributed by atoms with Gasteiger partial charge in [-0.15, -0.1) is 0 Å². The maximum atomic E-state index is 14.8. The van der Waals surface area contributed by atoms with Crippen LogP contribution in [0.15, 0.2) is 84.9 Å². The molecule has 0 aliphatic heterocycles. The molecule has 0 amide bonds. The number of alkyl halides is 9. The van der Waals surface area contributed by atoms with E-state index in [1.807, 2.05) is 18.2 Å². The molecule has 0 bridgehead atoms. The van der Waals surface area contributed by atoms with Crippen LogP contribution in [0.5, 0.6) is 0 Å². The highest BCUT2D eigenvalue weighted by molar-refractivity contribution is 6.24. The van der Waals surface area contributed by atoms with E-state index in [4.69, 9.17) is 0 Å². The number of benzene rings is 5. The van der Waals surface area contributed by atoms with Crippen molar-refractivity contribution in [1.82, 2.24) is 9.13 Å². The second-order valence-electron chi connectivity index (χ2n) is 11.2. The summed E-state index contributed by atoms with van der Waals surface area (Å²) in [6, 6.07) is 22.4. The average Bonchev–Trinajstić information content (AvgIpc) is 3.58. The monoisotopic (exact) mass is 687 g/mol. The minimum Gasteiger partial charge on any atom is -0.306 e. The lowest BCUT2D eigenvalue weighted by Crippen LogP contribution is -2.21. The first-order valence-corrected chi connectivity index (χ1v) is 14.3. The molecule has 5 aromatic carbocycles. The summed E-state index contributed by atoms with van der Waals surface area (Å²) in [5, 5.41) is 30.9. The first-order chi connectivity index (χ1) is 23.6. The van der Waals surface area contributed by atoms with E-state index in [1.165, 1.54) is 47.0 Å². The standard InChI is InChI=1S/C36H14F9N5/c37-34(38,39)21-13-26(35(40,41)42)33(27(14-21)36(43,44)45)50-29-8-4-2-6-23(29)25-10-9-24-22-5-1-3-7-28(22)49(31(24)32(25)50)30-19(16-47)11-18(15-46)12-20(30)17-48/h1-14H. The van der Waals surface area contributed by atoms with Crippen LogP contribution < -0.4 is 0 Å². The highest BCUT2D eigenvalue weighted by Gasteiger charge is 2.46. The topological polar surface area (TPSA) is 81.2 Å². The Balaban J connectivity index is 1.83. The first-order valence-electron chi connectivity index (χ1n) is 14.3. The Kier molecular flexibility index (Phi) is 6.92. The zero-order chi connectivity index (χ0) is 35.9. The van der Waals surface area contributed by atoms with Gasteiger partial charge >= 0.3 is 18.5 Å². The van der Waals surface area contributed by atoms with Crippen LogP contribution in [0.3, 0.4) is 0 Å². The predicted octanol–water partition coefficient (Wildman–Crippen LogP) is 10.6. The van der Waals surface area contributed by atoms with E-state index in [0.29, 0.717) is 15.5 Å². The molecule has 0 radical (unpaired) electrons. The van der Waals surface area contributed by atoms with Crippen LogP contribution in [0.25, 0.3) is 55.0 Å². The fraction of sp³-hybridized carbons (Fsp3) is 0.0833. The zero-order valence-electron chi connectivity index (χ0n) is 24.7. The van der Waals surface area contributed by atoms with Crippen molar-refractivity contribution in [3.63, 3.8) is 0 Å². The van der Waals surface area contributed by atoms with Crippen LogP contribution in [-0.2, 0) is 18.5 Å². The van der Waals surface area contributed by atoms with Gasteiger partial charge in [-0.05, 0) is 36.4 Å². The van der Waals surface area contributed by atoms with Crippen LogP contribution in [0.4, 0.5) is 39.5 Å². The lowest BCUT2D eigenvalue weighted by Gasteiger charge is -2.23. The SMILES string of the molecule is N#Cc1cc(C#N)c(-n2c3ccccc3c3ccc4c5ccccc5n(-c5c(C(F)(F)F)cc(C(F)(F)F)cc5C(F)(F)F)c4c32)c(C#N)c1. The first kappa shape index (κ1) is 32.1. The molecular formula is C36H14F9N5. The van der Waals surface area contributed by atoms with Crippen LogP contribution >= 0.6 is 0 Å². The molecule has 50 heavy (non-hydrogen) atoms. The number of nitrogens with zero attached hydrogens (tertiary/aromatic N) is 5. The summed E-state index contributed by atoms with van der Waals surface area (Å²) < 4.78 is 132. The zero-order valence-corrected chi connectivity index (χ0v) is 24.7. The lowest BCUT2D eigenvalue weighted by atomic mass is 10.00. The van der Waals surface area contributed by atoms with Gasteiger partial charge < -0.3 is 9.13 Å². The Morgan fingerprint density at radius 2 is 0.880 bits per heavy atom. The van der Waals surface area contributed by atoms with Crippen LogP contribution in [-0.4, -0.2) is 9.13 Å². The molecular weight excluding hydrogens is 673 g/mol. The number of rotatable bonds is 2. The second-order valence-corrected chi connectivity index (χ2v) is 11.2. The van der Waals surface area contributed by atoms with E-state index in [1.54, 1.807) is 30.3 Å². The number of nitriles is 3. The van der Waals surface area contributed by atoms with E-state index in [0.717, 1.165) is 0 Å². The molecule has 0 atom stereocenters. The molecule has 0 spiro atoms.